The lowest BCUT2D eigenvalue weighted by Crippen LogP contribution is -2.27. The van der Waals surface area contributed by atoms with Crippen molar-refractivity contribution in [3.63, 3.8) is 0 Å². The summed E-state index contributed by atoms with van der Waals surface area (Å²) in [5, 5.41) is 9.53. The molecular weight excluding hydrogens is 456 g/mol. The van der Waals surface area contributed by atoms with E-state index in [0.717, 1.165) is 16.8 Å². The van der Waals surface area contributed by atoms with Gasteiger partial charge < -0.3 is 9.64 Å². The van der Waals surface area contributed by atoms with E-state index in [4.69, 9.17) is 16.3 Å². The lowest BCUT2D eigenvalue weighted by atomic mass is 10.1. The van der Waals surface area contributed by atoms with Crippen molar-refractivity contribution in [3.8, 4) is 22.8 Å². The van der Waals surface area contributed by atoms with E-state index >= 15 is 0 Å². The molecule has 6 nitrogen and oxygen atoms in total. The van der Waals surface area contributed by atoms with Gasteiger partial charge in [0, 0.05) is 19.7 Å². The summed E-state index contributed by atoms with van der Waals surface area (Å²) in [6, 6.07) is 25.0. The highest BCUT2D eigenvalue weighted by Gasteiger charge is 2.27. The zero-order valence-corrected chi connectivity index (χ0v) is 20.0. The zero-order chi connectivity index (χ0) is 23.4. The maximum absolute atomic E-state index is 13.1. The van der Waals surface area contributed by atoms with E-state index in [9.17, 15) is 4.79 Å². The predicted octanol–water partition coefficient (Wildman–Crippen LogP) is 5.52. The van der Waals surface area contributed by atoms with Gasteiger partial charge in [0.15, 0.2) is 11.0 Å². The van der Waals surface area contributed by atoms with E-state index in [1.54, 1.807) is 32.2 Å². The molecule has 0 unspecified atom stereocenters. The Morgan fingerprint density at radius 2 is 1.67 bits per heavy atom. The van der Waals surface area contributed by atoms with Crippen LogP contribution in [0.2, 0.25) is 5.02 Å². The Bertz CT molecular complexity index is 1250. The highest BCUT2D eigenvalue weighted by Crippen LogP contribution is 2.39. The van der Waals surface area contributed by atoms with Crippen LogP contribution in [0.3, 0.4) is 0 Å². The molecule has 8 heteroatoms. The third-order valence-corrected chi connectivity index (χ3v) is 6.53. The first-order valence-electron chi connectivity index (χ1n) is 10.3. The van der Waals surface area contributed by atoms with E-state index in [0.29, 0.717) is 21.8 Å². The van der Waals surface area contributed by atoms with Crippen LogP contribution in [0.4, 0.5) is 0 Å². The summed E-state index contributed by atoms with van der Waals surface area (Å²) < 4.78 is 7.24. The Balaban J connectivity index is 1.85. The fourth-order valence-electron chi connectivity index (χ4n) is 3.38. The maximum atomic E-state index is 13.1. The molecule has 0 N–H and O–H groups in total. The van der Waals surface area contributed by atoms with Gasteiger partial charge >= 0.3 is 0 Å². The molecular formula is C25H23ClN4O2S. The average molecular weight is 479 g/mol. The molecule has 168 valence electrons. The van der Waals surface area contributed by atoms with Gasteiger partial charge in [0.2, 0.25) is 5.91 Å². The van der Waals surface area contributed by atoms with E-state index < -0.39 is 5.25 Å². The molecule has 4 rings (SSSR count). The van der Waals surface area contributed by atoms with Crippen LogP contribution in [0.15, 0.2) is 84.0 Å². The summed E-state index contributed by atoms with van der Waals surface area (Å²) in [4.78, 5) is 14.7. The van der Waals surface area contributed by atoms with Crippen LogP contribution >= 0.6 is 23.4 Å². The highest BCUT2D eigenvalue weighted by molar-refractivity contribution is 8.00. The number of rotatable bonds is 7. The molecule has 4 aromatic rings. The summed E-state index contributed by atoms with van der Waals surface area (Å²) in [6.07, 6.45) is 0. The molecule has 0 aliphatic carbocycles. The number of halogens is 1. The standard InChI is InChI=1S/C25H23ClN4O2S/c1-29(2)24(31)22(17-10-6-4-7-11-17)33-25-28-27-23(18-12-8-5-9-13-18)30(25)19-14-15-21(32-3)20(26)16-19/h4-16,22H,1-3H3/t22-/m0/s1. The Morgan fingerprint density at radius 3 is 2.27 bits per heavy atom. The first kappa shape index (κ1) is 22.9. The second kappa shape index (κ2) is 10.1. The lowest BCUT2D eigenvalue weighted by Gasteiger charge is -2.21. The summed E-state index contributed by atoms with van der Waals surface area (Å²) >= 11 is 7.80. The Morgan fingerprint density at radius 1 is 1.00 bits per heavy atom. The molecule has 1 atom stereocenters. The van der Waals surface area contributed by atoms with E-state index in [-0.39, 0.29) is 5.91 Å². The molecule has 0 fully saturated rings. The second-order valence-electron chi connectivity index (χ2n) is 7.47. The molecule has 0 radical (unpaired) electrons. The highest BCUT2D eigenvalue weighted by atomic mass is 35.5. The summed E-state index contributed by atoms with van der Waals surface area (Å²) in [7, 11) is 5.08. The lowest BCUT2D eigenvalue weighted by molar-refractivity contribution is -0.128. The Hall–Kier alpha value is -3.29. The van der Waals surface area contributed by atoms with Gasteiger partial charge in [-0.15, -0.1) is 10.2 Å². The third kappa shape index (κ3) is 4.89. The number of aromatic nitrogens is 3. The van der Waals surface area contributed by atoms with Crippen LogP contribution in [-0.2, 0) is 4.79 Å². The number of methoxy groups -OCH3 is 1. The van der Waals surface area contributed by atoms with Crippen LogP contribution in [-0.4, -0.2) is 46.8 Å². The molecule has 1 heterocycles. The van der Waals surface area contributed by atoms with Crippen LogP contribution in [0.25, 0.3) is 17.1 Å². The number of ether oxygens (including phenoxy) is 1. The van der Waals surface area contributed by atoms with Crippen molar-refractivity contribution in [1.82, 2.24) is 19.7 Å². The molecule has 0 spiro atoms. The van der Waals surface area contributed by atoms with Crippen molar-refractivity contribution in [2.24, 2.45) is 0 Å². The molecule has 0 aliphatic rings. The van der Waals surface area contributed by atoms with Gasteiger partial charge in [-0.3, -0.25) is 9.36 Å². The van der Waals surface area contributed by atoms with E-state index in [1.807, 2.05) is 77.4 Å². The second-order valence-corrected chi connectivity index (χ2v) is 8.95. The van der Waals surface area contributed by atoms with Gasteiger partial charge in [-0.05, 0) is 23.8 Å². The normalized spacial score (nSPS) is 11.8. The molecule has 0 aliphatic heterocycles. The number of hydrogen-bond donors (Lipinski definition) is 0. The van der Waals surface area contributed by atoms with Crippen LogP contribution in [0.1, 0.15) is 10.8 Å². The number of benzene rings is 3. The van der Waals surface area contributed by atoms with Gasteiger partial charge in [-0.2, -0.15) is 0 Å². The largest absolute Gasteiger partial charge is 0.495 e. The van der Waals surface area contributed by atoms with Crippen molar-refractivity contribution < 1.29 is 9.53 Å². The third-order valence-electron chi connectivity index (χ3n) is 5.05. The monoisotopic (exact) mass is 478 g/mol. The number of amides is 1. The van der Waals surface area contributed by atoms with E-state index in [2.05, 4.69) is 10.2 Å². The quantitative estimate of drug-likeness (QED) is 0.327. The van der Waals surface area contributed by atoms with Crippen molar-refractivity contribution in [3.05, 3.63) is 89.4 Å². The van der Waals surface area contributed by atoms with Crippen molar-refractivity contribution >= 4 is 29.3 Å². The van der Waals surface area contributed by atoms with Crippen molar-refractivity contribution in [1.29, 1.82) is 0 Å². The van der Waals surface area contributed by atoms with Gasteiger partial charge in [0.05, 0.1) is 17.8 Å². The Kier molecular flexibility index (Phi) is 7.01. The fourth-order valence-corrected chi connectivity index (χ4v) is 4.83. The van der Waals surface area contributed by atoms with Crippen LogP contribution in [0.5, 0.6) is 5.75 Å². The molecule has 1 aromatic heterocycles. The maximum Gasteiger partial charge on any atom is 0.240 e. The molecule has 1 amide bonds. The van der Waals surface area contributed by atoms with Crippen molar-refractivity contribution in [2.45, 2.75) is 10.4 Å². The van der Waals surface area contributed by atoms with Crippen LogP contribution in [0, 0.1) is 0 Å². The van der Waals surface area contributed by atoms with Gasteiger partial charge in [-0.25, -0.2) is 0 Å². The number of likely N-dealkylation sites (N-methyl/N-ethyl adjacent to an activating group) is 1. The topological polar surface area (TPSA) is 60.2 Å². The fraction of sp³-hybridized carbons (Fsp3) is 0.160. The summed E-state index contributed by atoms with van der Waals surface area (Å²) in [5.41, 5.74) is 2.57. The van der Waals surface area contributed by atoms with Gasteiger partial charge in [0.1, 0.15) is 11.0 Å². The first-order chi connectivity index (χ1) is 16.0. The molecule has 0 saturated heterocycles. The molecule has 0 bridgehead atoms. The SMILES string of the molecule is COc1ccc(-n2c(S[C@H](C(=O)N(C)C)c3ccccc3)nnc2-c2ccccc2)cc1Cl. The molecule has 0 saturated carbocycles. The predicted molar refractivity (Wildman–Crippen MR) is 132 cm³/mol. The Labute approximate surface area is 202 Å². The smallest absolute Gasteiger partial charge is 0.240 e. The number of carbonyl (C=O) groups excluding carboxylic acids is 1. The van der Waals surface area contributed by atoms with Crippen LogP contribution < -0.4 is 4.74 Å². The van der Waals surface area contributed by atoms with Crippen molar-refractivity contribution in [2.75, 3.05) is 21.2 Å². The number of hydrogen-bond acceptors (Lipinski definition) is 5. The number of carbonyl (C=O) groups is 1. The minimum absolute atomic E-state index is 0.0326. The first-order valence-corrected chi connectivity index (χ1v) is 11.5. The molecule has 3 aromatic carbocycles. The summed E-state index contributed by atoms with van der Waals surface area (Å²) in [5.74, 6) is 1.20. The van der Waals surface area contributed by atoms with Gasteiger partial charge in [0.25, 0.3) is 0 Å². The van der Waals surface area contributed by atoms with E-state index in [1.165, 1.54) is 11.8 Å². The molecule has 33 heavy (non-hydrogen) atoms. The van der Waals surface area contributed by atoms with Gasteiger partial charge in [-0.1, -0.05) is 84.0 Å². The summed E-state index contributed by atoms with van der Waals surface area (Å²) in [6.45, 7) is 0. The minimum atomic E-state index is -0.485. The minimum Gasteiger partial charge on any atom is -0.495 e. The number of thioether (sulfide) groups is 1. The zero-order valence-electron chi connectivity index (χ0n) is 18.5. The number of nitrogens with zero attached hydrogens (tertiary/aromatic N) is 4. The average Bonchev–Trinajstić information content (AvgIpc) is 3.26.